The van der Waals surface area contributed by atoms with E-state index in [0.29, 0.717) is 6.54 Å². The summed E-state index contributed by atoms with van der Waals surface area (Å²) in [6.07, 6.45) is -1.54. The summed E-state index contributed by atoms with van der Waals surface area (Å²) >= 11 is 0. The highest BCUT2D eigenvalue weighted by molar-refractivity contribution is 5.89. The van der Waals surface area contributed by atoms with E-state index >= 15 is 0 Å². The molecule has 1 aliphatic rings. The van der Waals surface area contributed by atoms with Crippen LogP contribution >= 0.6 is 0 Å². The lowest BCUT2D eigenvalue weighted by Crippen LogP contribution is -2.56. The molecule has 16 heavy (non-hydrogen) atoms. The van der Waals surface area contributed by atoms with Crippen LogP contribution in [0.2, 0.25) is 0 Å². The van der Waals surface area contributed by atoms with Crippen molar-refractivity contribution in [1.82, 2.24) is 10.2 Å². The average molecular weight is 230 g/mol. The van der Waals surface area contributed by atoms with Gasteiger partial charge >= 0.3 is 12.1 Å². The van der Waals surface area contributed by atoms with Gasteiger partial charge in [0, 0.05) is 26.1 Å². The molecule has 1 heterocycles. The highest BCUT2D eigenvalue weighted by atomic mass is 16.4. The minimum Gasteiger partial charge on any atom is -0.481 e. The highest BCUT2D eigenvalue weighted by Crippen LogP contribution is 2.08. The molecule has 1 fully saturated rings. The second-order valence-electron chi connectivity index (χ2n) is 3.56. The summed E-state index contributed by atoms with van der Waals surface area (Å²) in [4.78, 5) is 33.8. The van der Waals surface area contributed by atoms with E-state index in [1.807, 2.05) is 0 Å². The van der Waals surface area contributed by atoms with Gasteiger partial charge in [0.15, 0.2) is 5.78 Å². The number of ketones is 1. The quantitative estimate of drug-likeness (QED) is 0.593. The molecular weight excluding hydrogens is 216 g/mol. The third-order valence-corrected chi connectivity index (χ3v) is 2.45. The molecule has 0 bridgehead atoms. The average Bonchev–Trinajstić information content (AvgIpc) is 2.25. The molecule has 90 valence electrons. The maximum absolute atomic E-state index is 11.6. The standard InChI is InChI=1S/C9H14N2O5/c12-7(1-2-8(13)14)6-5-10-3-4-11(6)9(15)16/h6,10H,1-5H2,(H,13,14)(H,15,16)/t6-/m0/s1. The molecule has 1 amide bonds. The maximum Gasteiger partial charge on any atom is 0.408 e. The van der Waals surface area contributed by atoms with Crippen molar-refractivity contribution in [3.8, 4) is 0 Å². The van der Waals surface area contributed by atoms with Crippen LogP contribution in [0.25, 0.3) is 0 Å². The van der Waals surface area contributed by atoms with Crippen molar-refractivity contribution in [2.24, 2.45) is 0 Å². The van der Waals surface area contributed by atoms with Gasteiger partial charge in [-0.3, -0.25) is 14.5 Å². The van der Waals surface area contributed by atoms with E-state index in [2.05, 4.69) is 5.32 Å². The Bertz CT molecular complexity index is 304. The Kier molecular flexibility index (Phi) is 4.24. The molecule has 0 radical (unpaired) electrons. The number of nitrogens with zero attached hydrogens (tertiary/aromatic N) is 1. The Labute approximate surface area is 92.0 Å². The topological polar surface area (TPSA) is 107 Å². The van der Waals surface area contributed by atoms with E-state index in [4.69, 9.17) is 10.2 Å². The Morgan fingerprint density at radius 3 is 2.50 bits per heavy atom. The zero-order valence-electron chi connectivity index (χ0n) is 8.68. The molecule has 1 saturated heterocycles. The second kappa shape index (κ2) is 5.45. The number of piperazine rings is 1. The van der Waals surface area contributed by atoms with Gasteiger partial charge in [-0.05, 0) is 0 Å². The van der Waals surface area contributed by atoms with Crippen molar-refractivity contribution in [3.05, 3.63) is 0 Å². The molecule has 0 saturated carbocycles. The summed E-state index contributed by atoms with van der Waals surface area (Å²) in [7, 11) is 0. The number of hydrogen-bond acceptors (Lipinski definition) is 4. The lowest BCUT2D eigenvalue weighted by atomic mass is 10.0. The van der Waals surface area contributed by atoms with E-state index in [1.54, 1.807) is 0 Å². The van der Waals surface area contributed by atoms with Crippen LogP contribution in [0.3, 0.4) is 0 Å². The van der Waals surface area contributed by atoms with E-state index in [9.17, 15) is 14.4 Å². The van der Waals surface area contributed by atoms with Gasteiger partial charge in [0.25, 0.3) is 0 Å². The van der Waals surface area contributed by atoms with Crippen LogP contribution < -0.4 is 5.32 Å². The third kappa shape index (κ3) is 3.20. The van der Waals surface area contributed by atoms with Crippen molar-refractivity contribution in [2.45, 2.75) is 18.9 Å². The van der Waals surface area contributed by atoms with Gasteiger partial charge in [-0.2, -0.15) is 0 Å². The van der Waals surface area contributed by atoms with Crippen LogP contribution in [0.1, 0.15) is 12.8 Å². The van der Waals surface area contributed by atoms with Gasteiger partial charge in [0.1, 0.15) is 6.04 Å². The number of Topliss-reactive ketones (excluding diaryl/α,β-unsaturated/α-hetero) is 1. The fourth-order valence-electron chi connectivity index (χ4n) is 1.62. The number of amides is 1. The molecular formula is C9H14N2O5. The number of rotatable bonds is 4. The summed E-state index contributed by atoms with van der Waals surface area (Å²) in [5.41, 5.74) is 0. The fourth-order valence-corrected chi connectivity index (χ4v) is 1.62. The van der Waals surface area contributed by atoms with E-state index < -0.39 is 18.1 Å². The van der Waals surface area contributed by atoms with Crippen molar-refractivity contribution in [2.75, 3.05) is 19.6 Å². The lowest BCUT2D eigenvalue weighted by molar-refractivity contribution is -0.139. The molecule has 0 aromatic carbocycles. The van der Waals surface area contributed by atoms with Crippen molar-refractivity contribution in [3.63, 3.8) is 0 Å². The first-order chi connectivity index (χ1) is 7.52. The smallest absolute Gasteiger partial charge is 0.408 e. The molecule has 1 atom stereocenters. The number of carbonyl (C=O) groups is 3. The number of carbonyl (C=O) groups excluding carboxylic acids is 1. The number of nitrogens with one attached hydrogen (secondary N) is 1. The van der Waals surface area contributed by atoms with Crippen LogP contribution in [-0.2, 0) is 9.59 Å². The molecule has 0 aromatic rings. The van der Waals surface area contributed by atoms with E-state index in [-0.39, 0.29) is 31.7 Å². The summed E-state index contributed by atoms with van der Waals surface area (Å²) in [6.45, 7) is 1.01. The monoisotopic (exact) mass is 230 g/mol. The molecule has 3 N–H and O–H groups in total. The van der Waals surface area contributed by atoms with Crippen LogP contribution in [0.5, 0.6) is 0 Å². The fraction of sp³-hybridized carbons (Fsp3) is 0.667. The zero-order valence-corrected chi connectivity index (χ0v) is 8.68. The number of hydrogen-bond donors (Lipinski definition) is 3. The molecule has 1 aliphatic heterocycles. The first kappa shape index (κ1) is 12.4. The van der Waals surface area contributed by atoms with Crippen LogP contribution in [-0.4, -0.2) is 58.6 Å². The summed E-state index contributed by atoms with van der Waals surface area (Å²) in [5.74, 6) is -1.41. The molecule has 0 spiro atoms. The van der Waals surface area contributed by atoms with Gasteiger partial charge in [0.2, 0.25) is 0 Å². The van der Waals surface area contributed by atoms with Crippen LogP contribution in [0.4, 0.5) is 4.79 Å². The third-order valence-electron chi connectivity index (χ3n) is 2.45. The SMILES string of the molecule is O=C(O)CCC(=O)[C@@H]1CNCCN1C(=O)O. The number of aliphatic carboxylic acids is 1. The Hall–Kier alpha value is -1.63. The summed E-state index contributed by atoms with van der Waals surface area (Å²) in [6, 6.07) is -0.759. The van der Waals surface area contributed by atoms with Gasteiger partial charge in [-0.25, -0.2) is 4.79 Å². The number of carboxylic acids is 1. The van der Waals surface area contributed by atoms with E-state index in [1.165, 1.54) is 0 Å². The van der Waals surface area contributed by atoms with Gasteiger partial charge in [0.05, 0.1) is 6.42 Å². The molecule has 0 unspecified atom stereocenters. The minimum absolute atomic E-state index is 0.133. The predicted molar refractivity (Wildman–Crippen MR) is 53.3 cm³/mol. The largest absolute Gasteiger partial charge is 0.481 e. The second-order valence-corrected chi connectivity index (χ2v) is 3.56. The van der Waals surface area contributed by atoms with Crippen molar-refractivity contribution < 1.29 is 24.6 Å². The Morgan fingerprint density at radius 1 is 1.25 bits per heavy atom. The maximum atomic E-state index is 11.6. The summed E-state index contributed by atoms with van der Waals surface area (Å²) in [5, 5.41) is 20.2. The molecule has 0 aromatic heterocycles. The van der Waals surface area contributed by atoms with E-state index in [0.717, 1.165) is 4.90 Å². The first-order valence-corrected chi connectivity index (χ1v) is 4.97. The van der Waals surface area contributed by atoms with Gasteiger partial charge < -0.3 is 15.5 Å². The van der Waals surface area contributed by atoms with Crippen molar-refractivity contribution >= 4 is 17.8 Å². The first-order valence-electron chi connectivity index (χ1n) is 4.97. The lowest BCUT2D eigenvalue weighted by Gasteiger charge is -2.32. The highest BCUT2D eigenvalue weighted by Gasteiger charge is 2.31. The normalized spacial score (nSPS) is 20.5. The van der Waals surface area contributed by atoms with Gasteiger partial charge in [-0.1, -0.05) is 0 Å². The molecule has 7 nitrogen and oxygen atoms in total. The predicted octanol–water partition coefficient (Wildman–Crippen LogP) is -0.628. The zero-order chi connectivity index (χ0) is 12.1. The minimum atomic E-state index is -1.14. The van der Waals surface area contributed by atoms with Crippen LogP contribution in [0.15, 0.2) is 0 Å². The Balaban J connectivity index is 2.57. The van der Waals surface area contributed by atoms with Crippen LogP contribution in [0, 0.1) is 0 Å². The summed E-state index contributed by atoms with van der Waals surface area (Å²) < 4.78 is 0. The molecule has 7 heteroatoms. The Morgan fingerprint density at radius 2 is 1.94 bits per heavy atom. The number of carboxylic acid groups (broad SMARTS) is 2. The van der Waals surface area contributed by atoms with Gasteiger partial charge in [-0.15, -0.1) is 0 Å². The molecule has 1 rings (SSSR count). The van der Waals surface area contributed by atoms with Crippen molar-refractivity contribution in [1.29, 1.82) is 0 Å². The molecule has 0 aliphatic carbocycles.